The van der Waals surface area contributed by atoms with Gasteiger partial charge in [0.2, 0.25) is 0 Å². The molecule has 0 bridgehead atoms. The van der Waals surface area contributed by atoms with Crippen LogP contribution in [0, 0.1) is 11.2 Å². The fourth-order valence-electron chi connectivity index (χ4n) is 3.38. The highest BCUT2D eigenvalue weighted by Gasteiger charge is 2.27. The van der Waals surface area contributed by atoms with Gasteiger partial charge in [-0.3, -0.25) is 4.79 Å². The molecule has 150 valence electrons. The summed E-state index contributed by atoms with van der Waals surface area (Å²) in [6.07, 6.45) is 2.44. The monoisotopic (exact) mass is 384 g/mol. The van der Waals surface area contributed by atoms with Gasteiger partial charge in [0, 0.05) is 0 Å². The maximum Gasteiger partial charge on any atom is 0.277 e. The molecule has 0 radical (unpaired) electrons. The fraction of sp³-hybridized carbons (Fsp3) is 0.391. The third-order valence-corrected chi connectivity index (χ3v) is 4.23. The summed E-state index contributed by atoms with van der Waals surface area (Å²) in [5.74, 6) is -0.114. The number of carbonyl (C=O) groups excluding carboxylic acids is 1. The smallest absolute Gasteiger partial charge is 0.277 e. The topological polar surface area (TPSA) is 50.7 Å². The molecule has 0 heterocycles. The molecule has 4 nitrogen and oxygen atoms in total. The average molecular weight is 384 g/mol. The number of hydrogen-bond acceptors (Lipinski definition) is 3. The van der Waals surface area contributed by atoms with Gasteiger partial charge in [-0.15, -0.1) is 0 Å². The molecule has 0 atom stereocenters. The van der Waals surface area contributed by atoms with Gasteiger partial charge in [-0.2, -0.15) is 5.10 Å². The van der Waals surface area contributed by atoms with Crippen molar-refractivity contribution in [2.45, 2.75) is 46.5 Å². The summed E-state index contributed by atoms with van der Waals surface area (Å²) in [6.45, 7) is 11.0. The van der Waals surface area contributed by atoms with Gasteiger partial charge in [0.1, 0.15) is 11.6 Å². The molecular weight excluding hydrogens is 355 g/mol. The summed E-state index contributed by atoms with van der Waals surface area (Å²) in [7, 11) is 0. The zero-order chi connectivity index (χ0) is 20.8. The largest absolute Gasteiger partial charge is 0.484 e. The highest BCUT2D eigenvalue weighted by atomic mass is 19.1. The van der Waals surface area contributed by atoms with Crippen molar-refractivity contribution >= 4 is 12.1 Å². The average Bonchev–Trinajstić information content (AvgIpc) is 2.58. The van der Waals surface area contributed by atoms with Crippen molar-refractivity contribution in [3.05, 3.63) is 65.5 Å². The van der Waals surface area contributed by atoms with Crippen LogP contribution in [0.1, 0.15) is 52.2 Å². The van der Waals surface area contributed by atoms with E-state index in [1.54, 1.807) is 12.1 Å². The van der Waals surface area contributed by atoms with E-state index in [1.165, 1.54) is 23.9 Å². The second-order valence-corrected chi connectivity index (χ2v) is 8.78. The van der Waals surface area contributed by atoms with Gasteiger partial charge in [0.25, 0.3) is 5.91 Å². The Kier molecular flexibility index (Phi) is 6.95. The van der Waals surface area contributed by atoms with Crippen LogP contribution < -0.4 is 10.2 Å². The first kappa shape index (κ1) is 21.6. The van der Waals surface area contributed by atoms with Crippen LogP contribution in [-0.4, -0.2) is 18.7 Å². The van der Waals surface area contributed by atoms with E-state index >= 15 is 0 Å². The number of ether oxygens (including phenoxy) is 1. The number of nitrogens with zero attached hydrogens (tertiary/aromatic N) is 1. The third kappa shape index (κ3) is 7.14. The van der Waals surface area contributed by atoms with Crippen LogP contribution in [0.25, 0.3) is 0 Å². The minimum absolute atomic E-state index is 0.0553. The number of hydrogen-bond donors (Lipinski definition) is 1. The molecule has 0 saturated carbocycles. The Morgan fingerprint density at radius 2 is 1.79 bits per heavy atom. The summed E-state index contributed by atoms with van der Waals surface area (Å²) in [6, 6.07) is 13.8. The normalized spacial score (nSPS) is 12.2. The quantitative estimate of drug-likeness (QED) is 0.535. The van der Waals surface area contributed by atoms with Crippen LogP contribution in [-0.2, 0) is 10.2 Å². The van der Waals surface area contributed by atoms with E-state index in [0.29, 0.717) is 11.3 Å². The van der Waals surface area contributed by atoms with Crippen molar-refractivity contribution < 1.29 is 13.9 Å². The molecule has 5 heteroatoms. The number of benzene rings is 2. The molecule has 2 aromatic carbocycles. The predicted octanol–water partition coefficient (Wildman–Crippen LogP) is 5.07. The molecule has 0 saturated heterocycles. The lowest BCUT2D eigenvalue weighted by Crippen LogP contribution is -2.25. The Hall–Kier alpha value is -2.69. The molecule has 1 amide bonds. The van der Waals surface area contributed by atoms with E-state index in [9.17, 15) is 9.18 Å². The van der Waals surface area contributed by atoms with Crippen molar-refractivity contribution in [2.24, 2.45) is 10.5 Å². The zero-order valence-corrected chi connectivity index (χ0v) is 17.3. The zero-order valence-electron chi connectivity index (χ0n) is 17.3. The van der Waals surface area contributed by atoms with Gasteiger partial charge in [0.05, 0.1) is 6.21 Å². The van der Waals surface area contributed by atoms with Crippen molar-refractivity contribution in [3.63, 3.8) is 0 Å². The van der Waals surface area contributed by atoms with Crippen LogP contribution in [0.3, 0.4) is 0 Å². The first-order chi connectivity index (χ1) is 13.0. The standard InChI is InChI=1S/C23H29FN2O2/c1-22(2,3)16-23(4,5)18-9-11-20(12-10-18)28-15-21(27)26-25-14-17-7-6-8-19(24)13-17/h6-14H,15-16H2,1-5H3,(H,26,27)/b25-14+. The van der Waals surface area contributed by atoms with E-state index in [-0.39, 0.29) is 29.2 Å². The van der Waals surface area contributed by atoms with E-state index in [0.717, 1.165) is 6.42 Å². The minimum atomic E-state index is -0.384. The summed E-state index contributed by atoms with van der Waals surface area (Å²) in [4.78, 5) is 11.8. The van der Waals surface area contributed by atoms with E-state index in [4.69, 9.17) is 4.74 Å². The first-order valence-corrected chi connectivity index (χ1v) is 9.36. The number of carbonyl (C=O) groups is 1. The molecular formula is C23H29FN2O2. The van der Waals surface area contributed by atoms with Crippen LogP contribution >= 0.6 is 0 Å². The highest BCUT2D eigenvalue weighted by molar-refractivity contribution is 5.82. The second-order valence-electron chi connectivity index (χ2n) is 8.78. The molecule has 0 aliphatic heterocycles. The maximum atomic E-state index is 13.1. The Labute approximate surface area is 166 Å². The van der Waals surface area contributed by atoms with Crippen LogP contribution in [0.2, 0.25) is 0 Å². The third-order valence-electron chi connectivity index (χ3n) is 4.23. The lowest BCUT2D eigenvalue weighted by molar-refractivity contribution is -0.123. The number of rotatable bonds is 7. The second kappa shape index (κ2) is 9.00. The van der Waals surface area contributed by atoms with Gasteiger partial charge < -0.3 is 4.74 Å². The molecule has 0 aliphatic carbocycles. The van der Waals surface area contributed by atoms with Gasteiger partial charge in [0.15, 0.2) is 6.61 Å². The molecule has 0 fully saturated rings. The minimum Gasteiger partial charge on any atom is -0.484 e. The van der Waals surface area contributed by atoms with Gasteiger partial charge >= 0.3 is 0 Å². The van der Waals surface area contributed by atoms with Crippen LogP contribution in [0.5, 0.6) is 5.75 Å². The molecule has 0 aliphatic rings. The molecule has 0 spiro atoms. The van der Waals surface area contributed by atoms with E-state index in [2.05, 4.69) is 45.1 Å². The highest BCUT2D eigenvalue weighted by Crippen LogP contribution is 2.36. The molecule has 2 aromatic rings. The predicted molar refractivity (Wildman–Crippen MR) is 111 cm³/mol. The summed E-state index contributed by atoms with van der Waals surface area (Å²) >= 11 is 0. The van der Waals surface area contributed by atoms with E-state index in [1.807, 2.05) is 24.3 Å². The summed E-state index contributed by atoms with van der Waals surface area (Å²) in [5, 5.41) is 3.80. The Balaban J connectivity index is 1.85. The van der Waals surface area contributed by atoms with Crippen molar-refractivity contribution in [1.82, 2.24) is 5.43 Å². The van der Waals surface area contributed by atoms with Crippen molar-refractivity contribution in [1.29, 1.82) is 0 Å². The molecule has 0 unspecified atom stereocenters. The maximum absolute atomic E-state index is 13.1. The molecule has 0 aromatic heterocycles. The number of nitrogens with one attached hydrogen (secondary N) is 1. The van der Waals surface area contributed by atoms with Crippen LogP contribution in [0.4, 0.5) is 4.39 Å². The van der Waals surface area contributed by atoms with Gasteiger partial charge in [-0.25, -0.2) is 9.82 Å². The Morgan fingerprint density at radius 1 is 1.11 bits per heavy atom. The lowest BCUT2D eigenvalue weighted by atomic mass is 9.72. The van der Waals surface area contributed by atoms with E-state index < -0.39 is 0 Å². The summed E-state index contributed by atoms with van der Waals surface area (Å²) < 4.78 is 18.6. The Bertz CT molecular complexity index is 821. The Morgan fingerprint density at radius 3 is 2.39 bits per heavy atom. The molecule has 28 heavy (non-hydrogen) atoms. The van der Waals surface area contributed by atoms with Gasteiger partial charge in [-0.05, 0) is 52.6 Å². The summed E-state index contributed by atoms with van der Waals surface area (Å²) in [5.41, 5.74) is 4.46. The molecule has 2 rings (SSSR count). The number of halogens is 1. The van der Waals surface area contributed by atoms with Gasteiger partial charge in [-0.1, -0.05) is 58.9 Å². The SMILES string of the molecule is CC(C)(C)CC(C)(C)c1ccc(OCC(=O)N/N=C/c2cccc(F)c2)cc1. The number of amides is 1. The fourth-order valence-corrected chi connectivity index (χ4v) is 3.38. The van der Waals surface area contributed by atoms with Crippen molar-refractivity contribution in [3.8, 4) is 5.75 Å². The van der Waals surface area contributed by atoms with Crippen molar-refractivity contribution in [2.75, 3.05) is 6.61 Å². The molecule has 1 N–H and O–H groups in total. The lowest BCUT2D eigenvalue weighted by Gasteiger charge is -2.33. The first-order valence-electron chi connectivity index (χ1n) is 9.36. The van der Waals surface area contributed by atoms with Crippen LogP contribution in [0.15, 0.2) is 53.6 Å². The number of hydrazone groups is 1.